The molecule has 0 fully saturated rings. The van der Waals surface area contributed by atoms with Crippen LogP contribution in [0, 0.1) is 6.92 Å². The van der Waals surface area contributed by atoms with Crippen molar-refractivity contribution in [2.75, 3.05) is 5.73 Å². The number of aromatic nitrogens is 3. The Bertz CT molecular complexity index is 390. The van der Waals surface area contributed by atoms with Gasteiger partial charge in [0.25, 0.3) is 0 Å². The fraction of sp³-hybridized carbons (Fsp3) is 0.143. The van der Waals surface area contributed by atoms with E-state index in [0.29, 0.717) is 5.69 Å². The van der Waals surface area contributed by atoms with Gasteiger partial charge in [0.05, 0.1) is 16.8 Å². The smallest absolute Gasteiger partial charge is 0.143 e. The maximum atomic E-state index is 5.67. The number of anilines is 1. The third-order valence-electron chi connectivity index (χ3n) is 1.69. The SMILES string of the molecule is Cc1ncnc2[nH]cc(N)c12. The summed E-state index contributed by atoms with van der Waals surface area (Å²) in [6.45, 7) is 1.91. The number of aromatic amines is 1. The normalized spacial score (nSPS) is 10.6. The summed E-state index contributed by atoms with van der Waals surface area (Å²) in [4.78, 5) is 11.0. The van der Waals surface area contributed by atoms with Gasteiger partial charge in [-0.25, -0.2) is 9.97 Å². The van der Waals surface area contributed by atoms with E-state index >= 15 is 0 Å². The topological polar surface area (TPSA) is 67.6 Å². The van der Waals surface area contributed by atoms with E-state index in [9.17, 15) is 0 Å². The van der Waals surface area contributed by atoms with Crippen molar-refractivity contribution in [3.05, 3.63) is 18.2 Å². The molecule has 0 aliphatic heterocycles. The molecule has 0 aromatic carbocycles. The summed E-state index contributed by atoms with van der Waals surface area (Å²) in [7, 11) is 0. The fourth-order valence-electron chi connectivity index (χ4n) is 1.15. The van der Waals surface area contributed by atoms with Gasteiger partial charge in [0.2, 0.25) is 0 Å². The lowest BCUT2D eigenvalue weighted by Gasteiger charge is -1.93. The number of nitrogens with zero attached hydrogens (tertiary/aromatic N) is 2. The predicted molar refractivity (Wildman–Crippen MR) is 43.0 cm³/mol. The van der Waals surface area contributed by atoms with Crippen LogP contribution in [0.2, 0.25) is 0 Å². The Morgan fingerprint density at radius 2 is 2.27 bits per heavy atom. The van der Waals surface area contributed by atoms with E-state index in [1.54, 1.807) is 6.20 Å². The van der Waals surface area contributed by atoms with Crippen LogP contribution in [0.4, 0.5) is 5.69 Å². The van der Waals surface area contributed by atoms with Gasteiger partial charge in [-0.05, 0) is 6.92 Å². The van der Waals surface area contributed by atoms with Crippen LogP contribution in [0.25, 0.3) is 11.0 Å². The Labute approximate surface area is 63.5 Å². The molecular weight excluding hydrogens is 140 g/mol. The number of fused-ring (bicyclic) bond motifs is 1. The summed E-state index contributed by atoms with van der Waals surface area (Å²) in [5.41, 5.74) is 8.08. The molecule has 0 atom stereocenters. The lowest BCUT2D eigenvalue weighted by Crippen LogP contribution is -1.87. The lowest BCUT2D eigenvalue weighted by molar-refractivity contribution is 1.14. The number of H-pyrrole nitrogens is 1. The van der Waals surface area contributed by atoms with Crippen LogP contribution >= 0.6 is 0 Å². The van der Waals surface area contributed by atoms with Crippen molar-refractivity contribution < 1.29 is 0 Å². The average molecular weight is 148 g/mol. The highest BCUT2D eigenvalue weighted by molar-refractivity contribution is 5.90. The molecule has 0 amide bonds. The van der Waals surface area contributed by atoms with Gasteiger partial charge < -0.3 is 10.7 Å². The molecule has 56 valence electrons. The number of nitrogen functional groups attached to an aromatic ring is 1. The van der Waals surface area contributed by atoms with Crippen LogP contribution in [-0.2, 0) is 0 Å². The van der Waals surface area contributed by atoms with Gasteiger partial charge in [0, 0.05) is 6.20 Å². The van der Waals surface area contributed by atoms with E-state index in [-0.39, 0.29) is 0 Å². The van der Waals surface area contributed by atoms with Gasteiger partial charge in [-0.2, -0.15) is 0 Å². The molecule has 0 saturated heterocycles. The third kappa shape index (κ3) is 0.756. The highest BCUT2D eigenvalue weighted by Gasteiger charge is 2.03. The van der Waals surface area contributed by atoms with Gasteiger partial charge in [0.15, 0.2) is 0 Å². The average Bonchev–Trinajstić information content (AvgIpc) is 2.34. The minimum absolute atomic E-state index is 0.707. The molecule has 2 aromatic rings. The van der Waals surface area contributed by atoms with E-state index in [4.69, 9.17) is 5.73 Å². The highest BCUT2D eigenvalue weighted by Crippen LogP contribution is 2.19. The van der Waals surface area contributed by atoms with E-state index in [2.05, 4.69) is 15.0 Å². The molecule has 0 spiro atoms. The molecule has 2 rings (SSSR count). The Balaban J connectivity index is 2.96. The van der Waals surface area contributed by atoms with Crippen molar-refractivity contribution in [3.63, 3.8) is 0 Å². The predicted octanol–water partition coefficient (Wildman–Crippen LogP) is 0.849. The number of hydrogen-bond donors (Lipinski definition) is 2. The molecule has 4 nitrogen and oxygen atoms in total. The molecule has 2 aromatic heterocycles. The monoisotopic (exact) mass is 148 g/mol. The van der Waals surface area contributed by atoms with Crippen LogP contribution in [0.3, 0.4) is 0 Å². The van der Waals surface area contributed by atoms with Crippen LogP contribution in [-0.4, -0.2) is 15.0 Å². The molecule has 11 heavy (non-hydrogen) atoms. The Morgan fingerprint density at radius 3 is 3.00 bits per heavy atom. The molecule has 2 heterocycles. The Hall–Kier alpha value is -1.58. The molecule has 0 unspecified atom stereocenters. The van der Waals surface area contributed by atoms with Crippen LogP contribution in [0.1, 0.15) is 5.69 Å². The van der Waals surface area contributed by atoms with E-state index in [1.807, 2.05) is 6.92 Å². The van der Waals surface area contributed by atoms with Crippen molar-refractivity contribution in [1.82, 2.24) is 15.0 Å². The lowest BCUT2D eigenvalue weighted by atomic mass is 10.3. The maximum absolute atomic E-state index is 5.67. The minimum atomic E-state index is 0.707. The molecule has 3 N–H and O–H groups in total. The van der Waals surface area contributed by atoms with Crippen molar-refractivity contribution >= 4 is 16.7 Å². The van der Waals surface area contributed by atoms with E-state index in [0.717, 1.165) is 16.7 Å². The van der Waals surface area contributed by atoms with Gasteiger partial charge in [-0.15, -0.1) is 0 Å². The minimum Gasteiger partial charge on any atom is -0.397 e. The van der Waals surface area contributed by atoms with Gasteiger partial charge in [0.1, 0.15) is 12.0 Å². The first-order valence-electron chi connectivity index (χ1n) is 3.33. The van der Waals surface area contributed by atoms with Crippen molar-refractivity contribution in [2.24, 2.45) is 0 Å². The molecular formula is C7H8N4. The highest BCUT2D eigenvalue weighted by atomic mass is 14.9. The first-order valence-corrected chi connectivity index (χ1v) is 3.33. The van der Waals surface area contributed by atoms with Crippen LogP contribution < -0.4 is 5.73 Å². The zero-order valence-electron chi connectivity index (χ0n) is 6.13. The zero-order valence-corrected chi connectivity index (χ0v) is 6.13. The largest absolute Gasteiger partial charge is 0.397 e. The van der Waals surface area contributed by atoms with Crippen molar-refractivity contribution in [2.45, 2.75) is 6.92 Å². The summed E-state index contributed by atoms with van der Waals surface area (Å²) in [5.74, 6) is 0. The quantitative estimate of drug-likeness (QED) is 0.582. The molecule has 4 heteroatoms. The summed E-state index contributed by atoms with van der Waals surface area (Å²) in [5, 5.41) is 0.924. The number of nitrogens with two attached hydrogens (primary N) is 1. The number of aryl methyl sites for hydroxylation is 1. The standard InChI is InChI=1S/C7H8N4/c1-4-6-5(8)2-9-7(6)11-3-10-4/h2-3H,8H2,1H3,(H,9,10,11). The molecule has 0 radical (unpaired) electrons. The third-order valence-corrected chi connectivity index (χ3v) is 1.69. The van der Waals surface area contributed by atoms with E-state index in [1.165, 1.54) is 6.33 Å². The number of hydrogen-bond acceptors (Lipinski definition) is 3. The molecule has 0 aliphatic carbocycles. The Morgan fingerprint density at radius 1 is 1.45 bits per heavy atom. The van der Waals surface area contributed by atoms with Gasteiger partial charge in [-0.3, -0.25) is 0 Å². The maximum Gasteiger partial charge on any atom is 0.143 e. The van der Waals surface area contributed by atoms with Crippen molar-refractivity contribution in [1.29, 1.82) is 0 Å². The summed E-state index contributed by atoms with van der Waals surface area (Å²) >= 11 is 0. The summed E-state index contributed by atoms with van der Waals surface area (Å²) in [6, 6.07) is 0. The van der Waals surface area contributed by atoms with Crippen LogP contribution in [0.15, 0.2) is 12.5 Å². The molecule has 0 aliphatic rings. The first-order chi connectivity index (χ1) is 5.29. The van der Waals surface area contributed by atoms with Gasteiger partial charge >= 0.3 is 0 Å². The molecule has 0 bridgehead atoms. The second kappa shape index (κ2) is 1.95. The second-order valence-electron chi connectivity index (χ2n) is 2.43. The van der Waals surface area contributed by atoms with Gasteiger partial charge in [-0.1, -0.05) is 0 Å². The Kier molecular flexibility index (Phi) is 1.09. The van der Waals surface area contributed by atoms with Crippen molar-refractivity contribution in [3.8, 4) is 0 Å². The van der Waals surface area contributed by atoms with E-state index < -0.39 is 0 Å². The zero-order chi connectivity index (χ0) is 7.84. The fourth-order valence-corrected chi connectivity index (χ4v) is 1.15. The second-order valence-corrected chi connectivity index (χ2v) is 2.43. The summed E-state index contributed by atoms with van der Waals surface area (Å²) in [6.07, 6.45) is 3.25. The first kappa shape index (κ1) is 6.15. The number of rotatable bonds is 0. The molecule has 0 saturated carbocycles. The van der Waals surface area contributed by atoms with Crippen LogP contribution in [0.5, 0.6) is 0 Å². The summed E-state index contributed by atoms with van der Waals surface area (Å²) < 4.78 is 0. The number of nitrogens with one attached hydrogen (secondary N) is 1.